The van der Waals surface area contributed by atoms with E-state index in [1.807, 2.05) is 4.90 Å². The first-order valence-corrected chi connectivity index (χ1v) is 13.9. The first-order chi connectivity index (χ1) is 19.3. The number of alkyl halides is 1. The molecule has 1 aromatic carbocycles. The number of carboxylic acid groups (broad SMARTS) is 1. The predicted molar refractivity (Wildman–Crippen MR) is 151 cm³/mol. The summed E-state index contributed by atoms with van der Waals surface area (Å²) in [6.07, 6.45) is 5.32. The number of aliphatic carboxylic acids is 1. The Balaban J connectivity index is 1.31. The van der Waals surface area contributed by atoms with Gasteiger partial charge in [0.2, 0.25) is 0 Å². The van der Waals surface area contributed by atoms with Crippen molar-refractivity contribution in [1.82, 2.24) is 25.0 Å². The van der Waals surface area contributed by atoms with Gasteiger partial charge in [-0.15, -0.1) is 0 Å². The van der Waals surface area contributed by atoms with Gasteiger partial charge in [0.05, 0.1) is 18.3 Å². The van der Waals surface area contributed by atoms with E-state index in [4.69, 9.17) is 9.72 Å². The monoisotopic (exact) mass is 554 g/mol. The molecule has 1 aliphatic heterocycles. The van der Waals surface area contributed by atoms with Crippen molar-refractivity contribution in [2.24, 2.45) is 7.05 Å². The SMILES string of the molecule is COCC(F)CN(CCCCc1ccc2c(n1)NCCC2)CC[C@H](NC(=O)c1ccc2cnn(C)c2c1)C(=O)O. The molecule has 2 aromatic heterocycles. The Morgan fingerprint density at radius 1 is 1.25 bits per heavy atom. The molecule has 3 aromatic rings. The van der Waals surface area contributed by atoms with Gasteiger partial charge in [-0.2, -0.15) is 5.10 Å². The number of pyridine rings is 1. The summed E-state index contributed by atoms with van der Waals surface area (Å²) >= 11 is 0. The highest BCUT2D eigenvalue weighted by Crippen LogP contribution is 2.20. The van der Waals surface area contributed by atoms with Gasteiger partial charge in [0.15, 0.2) is 0 Å². The second-order valence-electron chi connectivity index (χ2n) is 10.3. The number of hydrogen-bond donors (Lipinski definition) is 3. The summed E-state index contributed by atoms with van der Waals surface area (Å²) in [5.74, 6) is -0.625. The van der Waals surface area contributed by atoms with Gasteiger partial charge < -0.3 is 25.4 Å². The second kappa shape index (κ2) is 14.2. The summed E-state index contributed by atoms with van der Waals surface area (Å²) < 4.78 is 21.1. The number of halogens is 1. The zero-order chi connectivity index (χ0) is 28.5. The van der Waals surface area contributed by atoms with Crippen molar-refractivity contribution in [3.63, 3.8) is 0 Å². The second-order valence-corrected chi connectivity index (χ2v) is 10.3. The molecule has 0 radical (unpaired) electrons. The number of aromatic nitrogens is 3. The number of hydrogen-bond acceptors (Lipinski definition) is 7. The van der Waals surface area contributed by atoms with Crippen LogP contribution in [0.3, 0.4) is 0 Å². The minimum atomic E-state index is -1.19. The van der Waals surface area contributed by atoms with Crippen LogP contribution in [-0.2, 0) is 29.4 Å². The molecule has 2 atom stereocenters. The normalized spacial score (nSPS) is 14.5. The van der Waals surface area contributed by atoms with E-state index in [1.165, 1.54) is 12.7 Å². The van der Waals surface area contributed by atoms with Crippen LogP contribution in [0.15, 0.2) is 36.5 Å². The van der Waals surface area contributed by atoms with Gasteiger partial charge in [-0.25, -0.2) is 14.2 Å². The van der Waals surface area contributed by atoms with E-state index in [9.17, 15) is 19.1 Å². The van der Waals surface area contributed by atoms with Crippen molar-refractivity contribution in [2.75, 3.05) is 45.2 Å². The van der Waals surface area contributed by atoms with Crippen LogP contribution in [0, 0.1) is 0 Å². The standard InChI is InChI=1S/C29H39FN6O4/c1-35-26-16-21(8-9-22(26)17-32-35)28(37)34-25(29(38)39)12-15-36(18-23(30)19-40-2)14-4-3-7-24-11-10-20-6-5-13-31-27(20)33-24/h8-11,16-17,23,25H,3-7,12-15,18-19H2,1-2H3,(H,31,33)(H,34,37)(H,38,39)/t23?,25-/m0/s1. The number of fused-ring (bicyclic) bond motifs is 2. The molecule has 10 nitrogen and oxygen atoms in total. The fourth-order valence-corrected chi connectivity index (χ4v) is 5.05. The average Bonchev–Trinajstić information content (AvgIpc) is 3.32. The zero-order valence-corrected chi connectivity index (χ0v) is 23.2. The topological polar surface area (TPSA) is 122 Å². The molecule has 1 unspecified atom stereocenters. The number of carbonyl (C=O) groups excluding carboxylic acids is 1. The molecule has 40 heavy (non-hydrogen) atoms. The van der Waals surface area contributed by atoms with Crippen LogP contribution in [0.25, 0.3) is 10.9 Å². The molecule has 1 aliphatic rings. The highest BCUT2D eigenvalue weighted by Gasteiger charge is 2.23. The molecule has 0 bridgehead atoms. The third kappa shape index (κ3) is 7.98. The Morgan fingerprint density at radius 3 is 2.90 bits per heavy atom. The van der Waals surface area contributed by atoms with Crippen LogP contribution >= 0.6 is 0 Å². The van der Waals surface area contributed by atoms with E-state index in [-0.39, 0.29) is 19.6 Å². The molecule has 0 aliphatic carbocycles. The molecule has 216 valence electrons. The molecule has 1 amide bonds. The number of amides is 1. The average molecular weight is 555 g/mol. The highest BCUT2D eigenvalue weighted by atomic mass is 19.1. The molecule has 0 spiro atoms. The molecule has 3 heterocycles. The molecular formula is C29H39FN6O4. The van der Waals surface area contributed by atoms with Gasteiger partial charge in [0.25, 0.3) is 5.91 Å². The Hall–Kier alpha value is -3.57. The number of nitrogens with zero attached hydrogens (tertiary/aromatic N) is 4. The summed E-state index contributed by atoms with van der Waals surface area (Å²) in [4.78, 5) is 31.5. The van der Waals surface area contributed by atoms with Crippen LogP contribution < -0.4 is 10.6 Å². The third-order valence-corrected chi connectivity index (χ3v) is 7.26. The molecule has 11 heteroatoms. The predicted octanol–water partition coefficient (Wildman–Crippen LogP) is 3.21. The number of nitrogens with one attached hydrogen (secondary N) is 2. The lowest BCUT2D eigenvalue weighted by molar-refractivity contribution is -0.139. The Morgan fingerprint density at radius 2 is 2.10 bits per heavy atom. The van der Waals surface area contributed by atoms with E-state index in [0.29, 0.717) is 18.7 Å². The molecule has 0 saturated heterocycles. The summed E-state index contributed by atoms with van der Waals surface area (Å²) in [6.45, 7) is 1.97. The van der Waals surface area contributed by atoms with Crippen molar-refractivity contribution < 1.29 is 23.8 Å². The Bertz CT molecular complexity index is 1300. The van der Waals surface area contributed by atoms with Crippen molar-refractivity contribution in [3.05, 3.63) is 53.3 Å². The van der Waals surface area contributed by atoms with Crippen LogP contribution in [0.5, 0.6) is 0 Å². The van der Waals surface area contributed by atoms with Gasteiger partial charge in [0, 0.05) is 50.4 Å². The number of ether oxygens (including phenoxy) is 1. The number of carbonyl (C=O) groups is 2. The van der Waals surface area contributed by atoms with Crippen molar-refractivity contribution in [3.8, 4) is 0 Å². The summed E-state index contributed by atoms with van der Waals surface area (Å²) in [5.41, 5.74) is 3.42. The first-order valence-electron chi connectivity index (χ1n) is 13.9. The van der Waals surface area contributed by atoms with Crippen LogP contribution in [0.1, 0.15) is 47.3 Å². The van der Waals surface area contributed by atoms with Crippen molar-refractivity contribution in [2.45, 2.75) is 50.7 Å². The minimum absolute atomic E-state index is 0.0296. The van der Waals surface area contributed by atoms with Gasteiger partial charge in [-0.1, -0.05) is 12.1 Å². The van der Waals surface area contributed by atoms with E-state index < -0.39 is 24.1 Å². The maximum Gasteiger partial charge on any atom is 0.326 e. The number of benzene rings is 1. The molecule has 4 rings (SSSR count). The molecule has 0 saturated carbocycles. The fraction of sp³-hybridized carbons (Fsp3) is 0.517. The smallest absolute Gasteiger partial charge is 0.326 e. The number of aryl methyl sites for hydroxylation is 3. The van der Waals surface area contributed by atoms with Crippen LogP contribution in [-0.4, -0.2) is 88.8 Å². The largest absolute Gasteiger partial charge is 0.480 e. The number of anilines is 1. The number of methoxy groups -OCH3 is 1. The molecular weight excluding hydrogens is 515 g/mol. The maximum absolute atomic E-state index is 14.5. The maximum atomic E-state index is 14.5. The molecule has 0 fully saturated rings. The van der Waals surface area contributed by atoms with Gasteiger partial charge in [-0.3, -0.25) is 9.48 Å². The van der Waals surface area contributed by atoms with Crippen molar-refractivity contribution in [1.29, 1.82) is 0 Å². The van der Waals surface area contributed by atoms with E-state index in [1.54, 1.807) is 36.1 Å². The van der Waals surface area contributed by atoms with E-state index in [0.717, 1.165) is 61.1 Å². The summed E-state index contributed by atoms with van der Waals surface area (Å²) in [6, 6.07) is 8.23. The zero-order valence-electron chi connectivity index (χ0n) is 23.2. The number of rotatable bonds is 15. The fourth-order valence-electron chi connectivity index (χ4n) is 5.05. The Labute approximate surface area is 233 Å². The third-order valence-electron chi connectivity index (χ3n) is 7.26. The Kier molecular flexibility index (Phi) is 10.4. The molecule has 3 N–H and O–H groups in total. The summed E-state index contributed by atoms with van der Waals surface area (Å²) in [7, 11) is 3.23. The van der Waals surface area contributed by atoms with Gasteiger partial charge in [-0.05, 0) is 68.8 Å². The number of carboxylic acids is 1. The quantitative estimate of drug-likeness (QED) is 0.245. The first kappa shape index (κ1) is 29.4. The lowest BCUT2D eigenvalue weighted by Crippen LogP contribution is -2.44. The number of unbranched alkanes of at least 4 members (excludes halogenated alkanes) is 1. The van der Waals surface area contributed by atoms with Crippen LogP contribution in [0.4, 0.5) is 10.2 Å². The van der Waals surface area contributed by atoms with Crippen molar-refractivity contribution >= 4 is 28.6 Å². The van der Waals surface area contributed by atoms with Gasteiger partial charge in [0.1, 0.15) is 18.0 Å². The highest BCUT2D eigenvalue weighted by molar-refractivity contribution is 5.99. The lowest BCUT2D eigenvalue weighted by atomic mass is 10.1. The van der Waals surface area contributed by atoms with E-state index in [2.05, 4.69) is 27.9 Å². The minimum Gasteiger partial charge on any atom is -0.480 e. The van der Waals surface area contributed by atoms with Gasteiger partial charge >= 0.3 is 5.97 Å². The lowest BCUT2D eigenvalue weighted by Gasteiger charge is -2.25. The summed E-state index contributed by atoms with van der Waals surface area (Å²) in [5, 5.41) is 20.9. The van der Waals surface area contributed by atoms with E-state index >= 15 is 0 Å². The van der Waals surface area contributed by atoms with Crippen LogP contribution in [0.2, 0.25) is 0 Å².